The van der Waals surface area contributed by atoms with Gasteiger partial charge in [-0.2, -0.15) is 5.26 Å². The van der Waals surface area contributed by atoms with Gasteiger partial charge in [-0.15, -0.1) is 24.0 Å². The minimum absolute atomic E-state index is 0.300. The molecular weight excluding hydrogens is 205 g/mol. The van der Waals surface area contributed by atoms with Crippen LogP contribution in [-0.4, -0.2) is 0 Å². The molecule has 0 aliphatic rings. The molecule has 1 heterocycles. The van der Waals surface area contributed by atoms with Gasteiger partial charge in [-0.05, 0) is 18.2 Å². The number of rotatable bonds is 0. The summed E-state index contributed by atoms with van der Waals surface area (Å²) in [7, 11) is 0. The topological polar surface area (TPSA) is 23.8 Å². The van der Waals surface area contributed by atoms with E-state index in [2.05, 4.69) is 12.6 Å². The van der Waals surface area contributed by atoms with Gasteiger partial charge in [0.05, 0.1) is 14.5 Å². The van der Waals surface area contributed by atoms with Gasteiger partial charge >= 0.3 is 0 Å². The molecule has 0 unspecified atom stereocenters. The minimum atomic E-state index is -0.300. The molecule has 0 fully saturated rings. The van der Waals surface area contributed by atoms with E-state index >= 15 is 0 Å². The van der Waals surface area contributed by atoms with Crippen LogP contribution in [0, 0.1) is 17.1 Å². The highest BCUT2D eigenvalue weighted by Crippen LogP contribution is 2.32. The molecule has 0 aliphatic heterocycles. The number of nitrogens with zero attached hydrogens (tertiary/aromatic N) is 1. The van der Waals surface area contributed by atoms with E-state index in [0.717, 1.165) is 4.21 Å². The normalized spacial score (nSPS) is 10.2. The fourth-order valence-electron chi connectivity index (χ4n) is 1.17. The summed E-state index contributed by atoms with van der Waals surface area (Å²) < 4.78 is 14.6. The Labute approximate surface area is 83.8 Å². The average Bonchev–Trinajstić information content (AvgIpc) is 2.48. The van der Waals surface area contributed by atoms with Crippen LogP contribution >= 0.6 is 24.0 Å². The maximum absolute atomic E-state index is 13.2. The van der Waals surface area contributed by atoms with Crippen LogP contribution in [0.5, 0.6) is 0 Å². The van der Waals surface area contributed by atoms with E-state index in [4.69, 9.17) is 5.26 Å². The SMILES string of the molecule is N#Cc1ccc(F)c2cc(S)sc12. The van der Waals surface area contributed by atoms with E-state index in [0.29, 0.717) is 15.6 Å². The van der Waals surface area contributed by atoms with Crippen molar-refractivity contribution in [3.8, 4) is 6.07 Å². The van der Waals surface area contributed by atoms with Crippen molar-refractivity contribution >= 4 is 34.1 Å². The van der Waals surface area contributed by atoms with Gasteiger partial charge in [0.15, 0.2) is 0 Å². The molecule has 1 aromatic heterocycles. The van der Waals surface area contributed by atoms with Gasteiger partial charge in [-0.1, -0.05) is 0 Å². The lowest BCUT2D eigenvalue weighted by Gasteiger charge is -1.92. The summed E-state index contributed by atoms with van der Waals surface area (Å²) in [6, 6.07) is 6.45. The third-order valence-electron chi connectivity index (χ3n) is 1.74. The lowest BCUT2D eigenvalue weighted by Crippen LogP contribution is -1.78. The first-order valence-corrected chi connectivity index (χ1v) is 4.80. The number of nitriles is 1. The first-order chi connectivity index (χ1) is 6.22. The number of hydrogen-bond acceptors (Lipinski definition) is 3. The van der Waals surface area contributed by atoms with Gasteiger partial charge in [0, 0.05) is 5.39 Å². The summed E-state index contributed by atoms with van der Waals surface area (Å²) in [4.78, 5) is 0. The Balaban J connectivity index is 2.94. The number of thiophene rings is 1. The fourth-order valence-corrected chi connectivity index (χ4v) is 2.44. The molecule has 0 aliphatic carbocycles. The van der Waals surface area contributed by atoms with Crippen LogP contribution in [0.25, 0.3) is 10.1 Å². The van der Waals surface area contributed by atoms with Gasteiger partial charge in [0.2, 0.25) is 0 Å². The Bertz CT molecular complexity index is 510. The molecule has 2 aromatic rings. The van der Waals surface area contributed by atoms with Crippen molar-refractivity contribution < 1.29 is 4.39 Å². The van der Waals surface area contributed by atoms with Gasteiger partial charge in [0.25, 0.3) is 0 Å². The van der Waals surface area contributed by atoms with Crippen molar-refractivity contribution in [1.82, 2.24) is 0 Å². The Morgan fingerprint density at radius 2 is 2.23 bits per heavy atom. The molecule has 0 spiro atoms. The molecule has 4 heteroatoms. The van der Waals surface area contributed by atoms with Crippen LogP contribution in [-0.2, 0) is 0 Å². The second-order valence-electron chi connectivity index (χ2n) is 2.53. The van der Waals surface area contributed by atoms with Crippen molar-refractivity contribution in [2.24, 2.45) is 0 Å². The summed E-state index contributed by atoms with van der Waals surface area (Å²) in [6.07, 6.45) is 0. The molecular formula is C9H4FNS2. The second-order valence-corrected chi connectivity index (χ2v) is 4.37. The second kappa shape index (κ2) is 3.02. The molecule has 1 nitrogen and oxygen atoms in total. The number of halogens is 1. The highest BCUT2D eigenvalue weighted by molar-refractivity contribution is 7.83. The molecule has 13 heavy (non-hydrogen) atoms. The van der Waals surface area contributed by atoms with E-state index in [9.17, 15) is 4.39 Å². The maximum atomic E-state index is 13.2. The lowest BCUT2D eigenvalue weighted by atomic mass is 10.2. The number of thiol groups is 1. The molecule has 0 bridgehead atoms. The van der Waals surface area contributed by atoms with Crippen molar-refractivity contribution in [2.45, 2.75) is 4.21 Å². The monoisotopic (exact) mass is 209 g/mol. The van der Waals surface area contributed by atoms with E-state index < -0.39 is 0 Å². The van der Waals surface area contributed by atoms with Crippen molar-refractivity contribution in [3.05, 3.63) is 29.6 Å². The van der Waals surface area contributed by atoms with Crippen LogP contribution < -0.4 is 0 Å². The predicted octanol–water partition coefficient (Wildman–Crippen LogP) is 3.20. The summed E-state index contributed by atoms with van der Waals surface area (Å²) >= 11 is 5.44. The van der Waals surface area contributed by atoms with Crippen molar-refractivity contribution in [2.75, 3.05) is 0 Å². The molecule has 1 aromatic carbocycles. The summed E-state index contributed by atoms with van der Waals surface area (Å²) in [5.74, 6) is -0.300. The molecule has 0 saturated carbocycles. The van der Waals surface area contributed by atoms with Crippen LogP contribution in [0.1, 0.15) is 5.56 Å². The zero-order chi connectivity index (χ0) is 9.42. The summed E-state index contributed by atoms with van der Waals surface area (Å²) in [6.45, 7) is 0. The van der Waals surface area contributed by atoms with E-state index in [1.165, 1.54) is 23.5 Å². The zero-order valence-corrected chi connectivity index (χ0v) is 8.12. The van der Waals surface area contributed by atoms with Crippen LogP contribution in [0.3, 0.4) is 0 Å². The minimum Gasteiger partial charge on any atom is -0.206 e. The standard InChI is InChI=1S/C9H4FNS2/c10-7-2-1-5(4-11)9-6(7)3-8(12)13-9/h1-3,12H. The molecule has 0 amide bonds. The van der Waals surface area contributed by atoms with Crippen LogP contribution in [0.15, 0.2) is 22.4 Å². The highest BCUT2D eigenvalue weighted by Gasteiger charge is 2.08. The van der Waals surface area contributed by atoms with Crippen molar-refractivity contribution in [1.29, 1.82) is 5.26 Å². The third kappa shape index (κ3) is 1.30. The lowest BCUT2D eigenvalue weighted by molar-refractivity contribution is 0.640. The van der Waals surface area contributed by atoms with Crippen LogP contribution in [0.4, 0.5) is 4.39 Å². The van der Waals surface area contributed by atoms with Crippen molar-refractivity contribution in [3.63, 3.8) is 0 Å². The predicted molar refractivity (Wildman–Crippen MR) is 53.8 cm³/mol. The van der Waals surface area contributed by atoms with E-state index in [1.54, 1.807) is 6.07 Å². The molecule has 0 radical (unpaired) electrons. The molecule has 0 saturated heterocycles. The maximum Gasteiger partial charge on any atom is 0.132 e. The smallest absolute Gasteiger partial charge is 0.132 e. The third-order valence-corrected chi connectivity index (χ3v) is 3.11. The Morgan fingerprint density at radius 3 is 2.92 bits per heavy atom. The Morgan fingerprint density at radius 1 is 1.46 bits per heavy atom. The quantitative estimate of drug-likeness (QED) is 0.662. The fraction of sp³-hybridized carbons (Fsp3) is 0. The van der Waals surface area contributed by atoms with Gasteiger partial charge in [-0.3, -0.25) is 0 Å². The van der Waals surface area contributed by atoms with E-state index in [-0.39, 0.29) is 5.82 Å². The average molecular weight is 209 g/mol. The van der Waals surface area contributed by atoms with Gasteiger partial charge < -0.3 is 0 Å². The molecule has 0 N–H and O–H groups in total. The zero-order valence-electron chi connectivity index (χ0n) is 6.41. The highest BCUT2D eigenvalue weighted by atomic mass is 32.2. The first kappa shape index (κ1) is 8.54. The van der Waals surface area contributed by atoms with E-state index in [1.807, 2.05) is 6.07 Å². The van der Waals surface area contributed by atoms with Gasteiger partial charge in [0.1, 0.15) is 11.9 Å². The Hall–Kier alpha value is -1.05. The largest absolute Gasteiger partial charge is 0.206 e. The molecule has 0 atom stereocenters. The molecule has 64 valence electrons. The summed E-state index contributed by atoms with van der Waals surface area (Å²) in [5.41, 5.74) is 0.502. The number of hydrogen-bond donors (Lipinski definition) is 1. The Kier molecular flexibility index (Phi) is 1.98. The molecule has 2 rings (SSSR count). The van der Waals surface area contributed by atoms with Gasteiger partial charge in [-0.25, -0.2) is 4.39 Å². The number of fused-ring (bicyclic) bond motifs is 1. The number of benzene rings is 1. The first-order valence-electron chi connectivity index (χ1n) is 3.53. The van der Waals surface area contributed by atoms with Crippen LogP contribution in [0.2, 0.25) is 0 Å². The summed E-state index contributed by atoms with van der Waals surface area (Å²) in [5, 5.41) is 9.23.